The highest BCUT2D eigenvalue weighted by molar-refractivity contribution is 6.19. The standard InChI is InChI=1S/C48H33N/c1-2-18-36(19-3-1)49-45-27-11-10-21-38(45)44-31-34(28-29-46(44)49)33-16-12-17-35(30-33)47-40-22-6-8-24-42(40)48(43-25-9-7-23-41(43)47)39-26-13-15-32-14-4-5-20-37(32)39/h1-29,31,35H,30H2. The number of allylic oxidation sites excluding steroid dienone is 4. The first kappa shape index (κ1) is 27.9. The molecule has 1 aliphatic rings. The molecule has 0 amide bonds. The maximum Gasteiger partial charge on any atom is 0.0541 e. The quantitative estimate of drug-likeness (QED) is 0.172. The molecule has 0 saturated carbocycles. The summed E-state index contributed by atoms with van der Waals surface area (Å²) in [6, 6.07) is 60.1. The molecule has 1 heterocycles. The topological polar surface area (TPSA) is 4.93 Å². The Morgan fingerprint density at radius 2 is 1.08 bits per heavy atom. The molecule has 1 atom stereocenters. The van der Waals surface area contributed by atoms with Gasteiger partial charge in [-0.05, 0) is 96.9 Å². The lowest BCUT2D eigenvalue weighted by Crippen LogP contribution is -2.04. The van der Waals surface area contributed by atoms with Crippen molar-refractivity contribution in [3.8, 4) is 16.8 Å². The van der Waals surface area contributed by atoms with E-state index in [9.17, 15) is 0 Å². The van der Waals surface area contributed by atoms with E-state index in [1.807, 2.05) is 0 Å². The summed E-state index contributed by atoms with van der Waals surface area (Å²) in [4.78, 5) is 0. The van der Waals surface area contributed by atoms with Crippen LogP contribution in [0, 0.1) is 0 Å². The monoisotopic (exact) mass is 623 g/mol. The Hall–Kier alpha value is -6.18. The minimum atomic E-state index is 0.248. The Morgan fingerprint density at radius 3 is 1.86 bits per heavy atom. The number of hydrogen-bond acceptors (Lipinski definition) is 0. The Labute approximate surface area is 285 Å². The summed E-state index contributed by atoms with van der Waals surface area (Å²) < 4.78 is 2.39. The van der Waals surface area contributed by atoms with Crippen molar-refractivity contribution >= 4 is 59.7 Å². The fourth-order valence-electron chi connectivity index (χ4n) is 8.41. The summed E-state index contributed by atoms with van der Waals surface area (Å²) in [6.45, 7) is 0. The van der Waals surface area contributed by atoms with Crippen LogP contribution in [0.4, 0.5) is 0 Å². The second-order valence-corrected chi connectivity index (χ2v) is 13.2. The molecule has 10 rings (SSSR count). The Kier molecular flexibility index (Phi) is 6.38. The molecule has 0 aliphatic heterocycles. The van der Waals surface area contributed by atoms with Crippen LogP contribution in [-0.4, -0.2) is 4.57 Å². The summed E-state index contributed by atoms with van der Waals surface area (Å²) in [7, 11) is 0. The molecule has 0 N–H and O–H groups in total. The van der Waals surface area contributed by atoms with Gasteiger partial charge in [0.1, 0.15) is 0 Å². The van der Waals surface area contributed by atoms with Gasteiger partial charge in [-0.25, -0.2) is 0 Å². The van der Waals surface area contributed by atoms with Crippen molar-refractivity contribution in [1.29, 1.82) is 0 Å². The summed E-state index contributed by atoms with van der Waals surface area (Å²) in [5.74, 6) is 0.248. The third kappa shape index (κ3) is 4.40. The molecule has 0 saturated heterocycles. The van der Waals surface area contributed by atoms with Gasteiger partial charge in [0.05, 0.1) is 11.0 Å². The van der Waals surface area contributed by atoms with Gasteiger partial charge in [0.15, 0.2) is 0 Å². The summed E-state index contributed by atoms with van der Waals surface area (Å²) in [5.41, 5.74) is 10.4. The van der Waals surface area contributed by atoms with Gasteiger partial charge in [-0.15, -0.1) is 0 Å². The Bertz CT molecular complexity index is 2730. The van der Waals surface area contributed by atoms with E-state index in [1.165, 1.54) is 87.6 Å². The largest absolute Gasteiger partial charge is 0.309 e. The minimum absolute atomic E-state index is 0.248. The molecular formula is C48H33N. The zero-order valence-electron chi connectivity index (χ0n) is 27.1. The van der Waals surface area contributed by atoms with Crippen LogP contribution in [0.3, 0.4) is 0 Å². The molecule has 1 heteroatoms. The van der Waals surface area contributed by atoms with Crippen molar-refractivity contribution in [3.63, 3.8) is 0 Å². The molecule has 0 bridgehead atoms. The van der Waals surface area contributed by atoms with Gasteiger partial charge in [-0.3, -0.25) is 0 Å². The van der Waals surface area contributed by atoms with Gasteiger partial charge in [-0.1, -0.05) is 152 Å². The number of hydrogen-bond donors (Lipinski definition) is 0. The van der Waals surface area contributed by atoms with Crippen LogP contribution >= 0.6 is 0 Å². The van der Waals surface area contributed by atoms with E-state index in [2.05, 4.69) is 187 Å². The van der Waals surface area contributed by atoms with Crippen LogP contribution in [0.1, 0.15) is 23.5 Å². The fraction of sp³-hybridized carbons (Fsp3) is 0.0417. The molecule has 1 aromatic heterocycles. The van der Waals surface area contributed by atoms with Crippen molar-refractivity contribution in [2.45, 2.75) is 12.3 Å². The normalized spacial score (nSPS) is 14.7. The van der Waals surface area contributed by atoms with Gasteiger partial charge < -0.3 is 4.57 Å². The Morgan fingerprint density at radius 1 is 0.469 bits per heavy atom. The molecular weight excluding hydrogens is 591 g/mol. The molecule has 1 aliphatic carbocycles. The number of benzene rings is 8. The molecule has 9 aromatic rings. The maximum atomic E-state index is 2.42. The molecule has 0 spiro atoms. The summed E-state index contributed by atoms with van der Waals surface area (Å²) in [6.07, 6.45) is 7.96. The highest BCUT2D eigenvalue weighted by atomic mass is 15.0. The zero-order valence-corrected chi connectivity index (χ0v) is 27.1. The van der Waals surface area contributed by atoms with E-state index in [1.54, 1.807) is 0 Å². The van der Waals surface area contributed by atoms with E-state index in [0.29, 0.717) is 0 Å². The first-order valence-electron chi connectivity index (χ1n) is 17.2. The smallest absolute Gasteiger partial charge is 0.0541 e. The van der Waals surface area contributed by atoms with Crippen LogP contribution in [0.25, 0.3) is 76.5 Å². The highest BCUT2D eigenvalue weighted by Gasteiger charge is 2.24. The number of rotatable bonds is 4. The average molecular weight is 624 g/mol. The van der Waals surface area contributed by atoms with Crippen LogP contribution in [0.15, 0.2) is 182 Å². The van der Waals surface area contributed by atoms with Crippen LogP contribution in [0.5, 0.6) is 0 Å². The molecule has 0 fully saturated rings. The molecule has 1 unspecified atom stereocenters. The molecule has 8 aromatic carbocycles. The van der Waals surface area contributed by atoms with E-state index in [4.69, 9.17) is 0 Å². The van der Waals surface area contributed by atoms with E-state index >= 15 is 0 Å². The minimum Gasteiger partial charge on any atom is -0.309 e. The van der Waals surface area contributed by atoms with Gasteiger partial charge in [0, 0.05) is 22.4 Å². The molecule has 230 valence electrons. The molecule has 1 nitrogen and oxygen atoms in total. The van der Waals surface area contributed by atoms with Crippen LogP contribution < -0.4 is 0 Å². The SMILES string of the molecule is C1=CC(c2c3ccccc3c(-c3cccc4ccccc34)c3ccccc23)CC(c2ccc3c(c2)c2ccccc2n3-c2ccccc2)=C1. The first-order chi connectivity index (χ1) is 24.3. The van der Waals surface area contributed by atoms with Crippen molar-refractivity contribution in [2.75, 3.05) is 0 Å². The average Bonchev–Trinajstić information content (AvgIpc) is 3.51. The van der Waals surface area contributed by atoms with Gasteiger partial charge in [0.2, 0.25) is 0 Å². The van der Waals surface area contributed by atoms with Gasteiger partial charge >= 0.3 is 0 Å². The molecule has 0 radical (unpaired) electrons. The van der Waals surface area contributed by atoms with E-state index in [-0.39, 0.29) is 5.92 Å². The van der Waals surface area contributed by atoms with E-state index < -0.39 is 0 Å². The maximum absolute atomic E-state index is 2.42. The second-order valence-electron chi connectivity index (χ2n) is 13.2. The number of nitrogens with zero attached hydrogens (tertiary/aromatic N) is 1. The summed E-state index contributed by atoms with van der Waals surface area (Å²) in [5, 5.41) is 10.4. The lowest BCUT2D eigenvalue weighted by molar-refractivity contribution is 0.884. The third-order valence-electron chi connectivity index (χ3n) is 10.5. The third-order valence-corrected chi connectivity index (χ3v) is 10.5. The lowest BCUT2D eigenvalue weighted by atomic mass is 9.78. The van der Waals surface area contributed by atoms with Crippen molar-refractivity contribution in [3.05, 3.63) is 193 Å². The zero-order chi connectivity index (χ0) is 32.3. The lowest BCUT2D eigenvalue weighted by Gasteiger charge is -2.25. The Balaban J connectivity index is 1.13. The number of fused-ring (bicyclic) bond motifs is 6. The second kappa shape index (κ2) is 11.2. The van der Waals surface area contributed by atoms with Crippen molar-refractivity contribution in [1.82, 2.24) is 4.57 Å². The van der Waals surface area contributed by atoms with Crippen LogP contribution in [0.2, 0.25) is 0 Å². The predicted octanol–water partition coefficient (Wildman–Crippen LogP) is 13.0. The molecule has 49 heavy (non-hydrogen) atoms. The summed E-state index contributed by atoms with van der Waals surface area (Å²) >= 11 is 0. The number of para-hydroxylation sites is 2. The van der Waals surface area contributed by atoms with Crippen molar-refractivity contribution in [2.24, 2.45) is 0 Å². The van der Waals surface area contributed by atoms with Gasteiger partial charge in [0.25, 0.3) is 0 Å². The predicted molar refractivity (Wildman–Crippen MR) is 210 cm³/mol. The van der Waals surface area contributed by atoms with Crippen LogP contribution in [-0.2, 0) is 0 Å². The first-order valence-corrected chi connectivity index (χ1v) is 17.2. The van der Waals surface area contributed by atoms with Gasteiger partial charge in [-0.2, -0.15) is 0 Å². The van der Waals surface area contributed by atoms with Crippen molar-refractivity contribution < 1.29 is 0 Å². The fourth-order valence-corrected chi connectivity index (χ4v) is 8.41. The van der Waals surface area contributed by atoms with E-state index in [0.717, 1.165) is 6.42 Å². The highest BCUT2D eigenvalue weighted by Crippen LogP contribution is 2.47. The number of aromatic nitrogens is 1.